The van der Waals surface area contributed by atoms with Gasteiger partial charge in [0.1, 0.15) is 6.61 Å². The molecule has 0 N–H and O–H groups in total. The third-order valence-electron chi connectivity index (χ3n) is 7.25. The van der Waals surface area contributed by atoms with Crippen molar-refractivity contribution < 1.29 is 38.0 Å². The molecule has 0 saturated heterocycles. The van der Waals surface area contributed by atoms with Gasteiger partial charge in [0.25, 0.3) is 0 Å². The number of unbranched alkanes of at least 4 members (excludes halogenated alkanes) is 3. The molecule has 0 saturated carbocycles. The molecule has 2 aromatic carbocycles. The smallest absolute Gasteiger partial charge is 0.409 e. The number of ether oxygens (including phenoxy) is 7. The van der Waals surface area contributed by atoms with E-state index in [2.05, 4.69) is 46.9 Å². The van der Waals surface area contributed by atoms with Crippen LogP contribution in [-0.2, 0) is 33.2 Å². The summed E-state index contributed by atoms with van der Waals surface area (Å²) in [5.74, 6) is 0.0502. The number of hydrogen-bond donors (Lipinski definition) is 0. The molecular formula is C34H50INO8. The van der Waals surface area contributed by atoms with Gasteiger partial charge in [-0.3, -0.25) is 0 Å². The highest BCUT2D eigenvalue weighted by Crippen LogP contribution is 2.44. The van der Waals surface area contributed by atoms with Crippen LogP contribution < -0.4 is 0 Å². The van der Waals surface area contributed by atoms with Crippen LogP contribution in [0.25, 0.3) is 11.1 Å². The van der Waals surface area contributed by atoms with Crippen LogP contribution in [0.3, 0.4) is 0 Å². The summed E-state index contributed by atoms with van der Waals surface area (Å²) >= 11 is 2.42. The second kappa shape index (κ2) is 23.5. The predicted molar refractivity (Wildman–Crippen MR) is 180 cm³/mol. The van der Waals surface area contributed by atoms with Gasteiger partial charge in [-0.15, -0.1) is 0 Å². The molecular weight excluding hydrogens is 677 g/mol. The highest BCUT2D eigenvalue weighted by molar-refractivity contribution is 14.1. The first-order valence-electron chi connectivity index (χ1n) is 15.8. The summed E-state index contributed by atoms with van der Waals surface area (Å²) in [4.78, 5) is 14.1. The zero-order valence-corrected chi connectivity index (χ0v) is 28.4. The Bertz CT molecular complexity index is 996. The van der Waals surface area contributed by atoms with Crippen molar-refractivity contribution in [1.29, 1.82) is 0 Å². The summed E-state index contributed by atoms with van der Waals surface area (Å²) < 4.78 is 40.1. The van der Waals surface area contributed by atoms with E-state index in [-0.39, 0.29) is 12.0 Å². The van der Waals surface area contributed by atoms with Crippen molar-refractivity contribution in [3.05, 3.63) is 59.7 Å². The van der Waals surface area contributed by atoms with Gasteiger partial charge < -0.3 is 38.1 Å². The molecule has 2 aromatic rings. The Hall–Kier alpha value is -1.80. The Balaban J connectivity index is 1.06. The molecule has 0 atom stereocenters. The molecule has 1 aliphatic rings. The minimum Gasteiger partial charge on any atom is -0.448 e. The fraction of sp³-hybridized carbons (Fsp3) is 0.618. The molecule has 0 bridgehead atoms. The molecule has 0 heterocycles. The lowest BCUT2D eigenvalue weighted by atomic mass is 9.98. The number of rotatable bonds is 26. The maximum Gasteiger partial charge on any atom is 0.409 e. The topological polar surface area (TPSA) is 84.9 Å². The molecule has 44 heavy (non-hydrogen) atoms. The summed E-state index contributed by atoms with van der Waals surface area (Å²) in [6, 6.07) is 16.6. The van der Waals surface area contributed by atoms with Crippen LogP contribution in [0.4, 0.5) is 4.79 Å². The van der Waals surface area contributed by atoms with E-state index >= 15 is 0 Å². The van der Waals surface area contributed by atoms with Crippen LogP contribution >= 0.6 is 22.6 Å². The molecule has 0 unspecified atom stereocenters. The van der Waals surface area contributed by atoms with Crippen LogP contribution in [0, 0.1) is 0 Å². The Morgan fingerprint density at radius 1 is 0.614 bits per heavy atom. The van der Waals surface area contributed by atoms with Gasteiger partial charge in [-0.2, -0.15) is 0 Å². The fourth-order valence-electron chi connectivity index (χ4n) is 4.85. The van der Waals surface area contributed by atoms with Crippen molar-refractivity contribution in [2.75, 3.05) is 104 Å². The molecule has 3 rings (SSSR count). The predicted octanol–water partition coefficient (Wildman–Crippen LogP) is 5.96. The lowest BCUT2D eigenvalue weighted by Gasteiger charge is -2.19. The molecule has 1 amide bonds. The monoisotopic (exact) mass is 727 g/mol. The number of amides is 1. The summed E-state index contributed by atoms with van der Waals surface area (Å²) in [5.41, 5.74) is 4.83. The van der Waals surface area contributed by atoms with E-state index in [9.17, 15) is 4.79 Å². The van der Waals surface area contributed by atoms with Crippen LogP contribution in [0.5, 0.6) is 0 Å². The summed E-state index contributed by atoms with van der Waals surface area (Å²) in [7, 11) is 1.72. The highest BCUT2D eigenvalue weighted by Gasteiger charge is 2.29. The first kappa shape index (κ1) is 36.7. The van der Waals surface area contributed by atoms with Crippen molar-refractivity contribution >= 4 is 28.7 Å². The quantitative estimate of drug-likeness (QED) is 0.0668. The van der Waals surface area contributed by atoms with Gasteiger partial charge in [0.15, 0.2) is 0 Å². The molecule has 10 heteroatoms. The molecule has 0 aromatic heterocycles. The fourth-order valence-corrected chi connectivity index (χ4v) is 5.39. The lowest BCUT2D eigenvalue weighted by molar-refractivity contribution is -0.0174. The average molecular weight is 728 g/mol. The van der Waals surface area contributed by atoms with Crippen molar-refractivity contribution in [3.8, 4) is 11.1 Å². The molecule has 0 fully saturated rings. The van der Waals surface area contributed by atoms with E-state index in [1.54, 1.807) is 11.9 Å². The molecule has 246 valence electrons. The highest BCUT2D eigenvalue weighted by atomic mass is 127. The number of fused-ring (bicyclic) bond motifs is 3. The minimum absolute atomic E-state index is 0.0502. The van der Waals surface area contributed by atoms with E-state index in [0.29, 0.717) is 85.8 Å². The van der Waals surface area contributed by atoms with E-state index in [0.717, 1.165) is 13.0 Å². The van der Waals surface area contributed by atoms with E-state index in [1.165, 1.54) is 45.9 Å². The van der Waals surface area contributed by atoms with Crippen LogP contribution in [0.2, 0.25) is 0 Å². The number of benzene rings is 2. The van der Waals surface area contributed by atoms with E-state index in [4.69, 9.17) is 33.2 Å². The van der Waals surface area contributed by atoms with Crippen molar-refractivity contribution in [1.82, 2.24) is 4.90 Å². The number of likely N-dealkylation sites (N-methyl/N-ethyl adjacent to an activating group) is 1. The van der Waals surface area contributed by atoms with Gasteiger partial charge in [-0.05, 0) is 39.5 Å². The van der Waals surface area contributed by atoms with Gasteiger partial charge in [0, 0.05) is 26.1 Å². The zero-order valence-electron chi connectivity index (χ0n) is 26.2. The maximum absolute atomic E-state index is 12.6. The van der Waals surface area contributed by atoms with Crippen LogP contribution in [0.15, 0.2) is 48.5 Å². The first-order chi connectivity index (χ1) is 21.7. The Labute approximate surface area is 276 Å². The summed E-state index contributed by atoms with van der Waals surface area (Å²) in [6.07, 6.45) is 4.61. The van der Waals surface area contributed by atoms with E-state index in [1.807, 2.05) is 24.3 Å². The Morgan fingerprint density at radius 3 is 1.55 bits per heavy atom. The van der Waals surface area contributed by atoms with Crippen LogP contribution in [-0.4, -0.2) is 115 Å². The average Bonchev–Trinajstić information content (AvgIpc) is 3.37. The zero-order chi connectivity index (χ0) is 31.1. The standard InChI is InChI=1S/C34H50INO8/c1-36(34(37)44-28-33-31-12-6-4-10-29(31)30-11-5-7-13-32(30)33)15-17-39-19-21-41-23-25-43-27-26-42-24-22-40-20-18-38-16-9-3-2-8-14-35/h4-7,10-13,33H,2-3,8-9,14-28H2,1H3. The normalized spacial score (nSPS) is 12.3. The first-order valence-corrected chi connectivity index (χ1v) is 17.3. The maximum atomic E-state index is 12.6. The molecule has 1 aliphatic carbocycles. The summed E-state index contributed by atoms with van der Waals surface area (Å²) in [5, 5.41) is 0. The SMILES string of the molecule is CN(CCOCCOCCOCCOCCOCCOCCCCCCI)C(=O)OCC1c2ccccc2-c2ccccc21. The second-order valence-electron chi connectivity index (χ2n) is 10.5. The molecule has 0 aliphatic heterocycles. The number of alkyl halides is 1. The Kier molecular flexibility index (Phi) is 19.6. The summed E-state index contributed by atoms with van der Waals surface area (Å²) in [6.45, 7) is 7.27. The third kappa shape index (κ3) is 14.1. The number of nitrogens with zero attached hydrogens (tertiary/aromatic N) is 1. The molecule has 0 spiro atoms. The number of halogens is 1. The van der Waals surface area contributed by atoms with Crippen LogP contribution in [0.1, 0.15) is 42.7 Å². The van der Waals surface area contributed by atoms with Gasteiger partial charge >= 0.3 is 6.09 Å². The van der Waals surface area contributed by atoms with E-state index < -0.39 is 0 Å². The van der Waals surface area contributed by atoms with Gasteiger partial charge in [-0.25, -0.2) is 4.79 Å². The number of hydrogen-bond acceptors (Lipinski definition) is 8. The largest absolute Gasteiger partial charge is 0.448 e. The van der Waals surface area contributed by atoms with Crippen molar-refractivity contribution in [2.45, 2.75) is 31.6 Å². The third-order valence-corrected chi connectivity index (χ3v) is 8.01. The molecule has 0 radical (unpaired) electrons. The van der Waals surface area contributed by atoms with Gasteiger partial charge in [-0.1, -0.05) is 84.0 Å². The lowest BCUT2D eigenvalue weighted by Crippen LogP contribution is -2.32. The van der Waals surface area contributed by atoms with Gasteiger partial charge in [0.05, 0.1) is 72.7 Å². The minimum atomic E-state index is -0.353. The number of carbonyl (C=O) groups is 1. The number of carbonyl (C=O) groups excluding carboxylic acids is 1. The molecule has 9 nitrogen and oxygen atoms in total. The van der Waals surface area contributed by atoms with Crippen molar-refractivity contribution in [2.24, 2.45) is 0 Å². The Morgan fingerprint density at radius 2 is 1.05 bits per heavy atom. The second-order valence-corrected chi connectivity index (χ2v) is 11.6. The van der Waals surface area contributed by atoms with Crippen molar-refractivity contribution in [3.63, 3.8) is 0 Å². The van der Waals surface area contributed by atoms with Gasteiger partial charge in [0.2, 0.25) is 0 Å².